The SMILES string of the molecule is Nc1ncc(-c2ccc(C(=O)N3CCC(N4CCCC4)CC3)cc2)cc1OCc1cc(F)c(F)c(F)c1. The lowest BCUT2D eigenvalue weighted by Gasteiger charge is -2.36. The van der Waals surface area contributed by atoms with Gasteiger partial charge in [-0.1, -0.05) is 12.1 Å². The molecule has 2 N–H and O–H groups in total. The summed E-state index contributed by atoms with van der Waals surface area (Å²) in [5.74, 6) is -3.74. The molecule has 9 heteroatoms. The number of nitrogens with zero attached hydrogens (tertiary/aromatic N) is 3. The van der Waals surface area contributed by atoms with Gasteiger partial charge in [-0.3, -0.25) is 4.79 Å². The average molecular weight is 511 g/mol. The number of likely N-dealkylation sites (tertiary alicyclic amines) is 2. The van der Waals surface area contributed by atoms with Crippen molar-refractivity contribution < 1.29 is 22.7 Å². The molecule has 5 rings (SSSR count). The second-order valence-electron chi connectivity index (χ2n) is 9.61. The number of hydrogen-bond acceptors (Lipinski definition) is 5. The van der Waals surface area contributed by atoms with Crippen molar-refractivity contribution in [1.82, 2.24) is 14.8 Å². The largest absolute Gasteiger partial charge is 0.485 e. The van der Waals surface area contributed by atoms with Crippen molar-refractivity contribution in [3.63, 3.8) is 0 Å². The van der Waals surface area contributed by atoms with Crippen LogP contribution >= 0.6 is 0 Å². The minimum Gasteiger partial charge on any atom is -0.485 e. The van der Waals surface area contributed by atoms with Crippen LogP contribution in [0.1, 0.15) is 41.6 Å². The maximum absolute atomic E-state index is 13.5. The van der Waals surface area contributed by atoms with Gasteiger partial charge in [0.05, 0.1) is 0 Å². The zero-order valence-electron chi connectivity index (χ0n) is 20.4. The Hall–Kier alpha value is -3.59. The van der Waals surface area contributed by atoms with Crippen LogP contribution in [0.4, 0.5) is 19.0 Å². The lowest BCUT2D eigenvalue weighted by atomic mass is 10.0. The molecule has 1 aromatic heterocycles. The number of carbonyl (C=O) groups is 1. The number of piperidine rings is 1. The molecule has 2 fully saturated rings. The van der Waals surface area contributed by atoms with Crippen LogP contribution in [0.2, 0.25) is 0 Å². The fourth-order valence-corrected chi connectivity index (χ4v) is 5.11. The fraction of sp³-hybridized carbons (Fsp3) is 0.357. The summed E-state index contributed by atoms with van der Waals surface area (Å²) in [5, 5.41) is 0. The molecule has 0 atom stereocenters. The first kappa shape index (κ1) is 25.1. The minimum absolute atomic E-state index is 0.0321. The van der Waals surface area contributed by atoms with Crippen molar-refractivity contribution in [2.75, 3.05) is 31.9 Å². The molecule has 0 saturated carbocycles. The topological polar surface area (TPSA) is 71.7 Å². The van der Waals surface area contributed by atoms with Gasteiger partial charge in [-0.25, -0.2) is 18.2 Å². The molecule has 3 heterocycles. The molecule has 0 radical (unpaired) electrons. The maximum atomic E-state index is 13.5. The molecule has 194 valence electrons. The van der Waals surface area contributed by atoms with E-state index in [1.54, 1.807) is 24.4 Å². The van der Waals surface area contributed by atoms with Crippen molar-refractivity contribution in [2.45, 2.75) is 38.3 Å². The number of hydrogen-bond donors (Lipinski definition) is 1. The lowest BCUT2D eigenvalue weighted by Crippen LogP contribution is -2.45. The monoisotopic (exact) mass is 510 g/mol. The molecule has 37 heavy (non-hydrogen) atoms. The van der Waals surface area contributed by atoms with E-state index in [9.17, 15) is 18.0 Å². The number of carbonyl (C=O) groups excluding carboxylic acids is 1. The summed E-state index contributed by atoms with van der Waals surface area (Å²) in [6, 6.07) is 11.3. The summed E-state index contributed by atoms with van der Waals surface area (Å²) in [6.07, 6.45) is 6.16. The van der Waals surface area contributed by atoms with Crippen molar-refractivity contribution in [3.05, 3.63) is 77.2 Å². The second kappa shape index (κ2) is 10.8. The summed E-state index contributed by atoms with van der Waals surface area (Å²) >= 11 is 0. The Morgan fingerprint density at radius 1 is 0.946 bits per heavy atom. The van der Waals surface area contributed by atoms with Crippen LogP contribution in [0.3, 0.4) is 0 Å². The highest BCUT2D eigenvalue weighted by molar-refractivity contribution is 5.94. The fourth-order valence-electron chi connectivity index (χ4n) is 5.11. The van der Waals surface area contributed by atoms with Gasteiger partial charge in [0, 0.05) is 36.5 Å². The maximum Gasteiger partial charge on any atom is 0.253 e. The summed E-state index contributed by atoms with van der Waals surface area (Å²) in [4.78, 5) is 21.7. The average Bonchev–Trinajstić information content (AvgIpc) is 3.46. The minimum atomic E-state index is -1.53. The van der Waals surface area contributed by atoms with Gasteiger partial charge in [-0.05, 0) is 80.2 Å². The van der Waals surface area contributed by atoms with Gasteiger partial charge in [-0.15, -0.1) is 0 Å². The standard InChI is InChI=1S/C28H29F3N4O2/c29-23-13-18(14-24(30)26(23)31)17-37-25-15-21(16-33-27(25)32)19-3-5-20(6-4-19)28(36)35-11-7-22(8-12-35)34-9-1-2-10-34/h3-6,13-16,22H,1-2,7-12,17H2,(H2,32,33). The lowest BCUT2D eigenvalue weighted by molar-refractivity contribution is 0.0644. The van der Waals surface area contributed by atoms with Crippen molar-refractivity contribution in [3.8, 4) is 16.9 Å². The van der Waals surface area contributed by atoms with Gasteiger partial charge in [0.25, 0.3) is 5.91 Å². The first-order valence-electron chi connectivity index (χ1n) is 12.5. The third kappa shape index (κ3) is 5.56. The van der Waals surface area contributed by atoms with Gasteiger partial charge in [-0.2, -0.15) is 0 Å². The molecule has 0 aliphatic carbocycles. The number of ether oxygens (including phenoxy) is 1. The van der Waals surface area contributed by atoms with E-state index in [1.165, 1.54) is 25.9 Å². The molecule has 0 unspecified atom stereocenters. The van der Waals surface area contributed by atoms with E-state index in [-0.39, 0.29) is 29.6 Å². The number of pyridine rings is 1. The second-order valence-corrected chi connectivity index (χ2v) is 9.61. The Bertz CT molecular complexity index is 1250. The van der Waals surface area contributed by atoms with Gasteiger partial charge in [0.15, 0.2) is 29.0 Å². The van der Waals surface area contributed by atoms with Gasteiger partial charge < -0.3 is 20.3 Å². The predicted octanol–water partition coefficient (Wildman–Crippen LogP) is 5.03. The number of anilines is 1. The summed E-state index contributed by atoms with van der Waals surface area (Å²) in [5.41, 5.74) is 8.17. The van der Waals surface area contributed by atoms with E-state index >= 15 is 0 Å². The number of nitrogens with two attached hydrogens (primary N) is 1. The highest BCUT2D eigenvalue weighted by atomic mass is 19.2. The Balaban J connectivity index is 1.23. The Morgan fingerprint density at radius 2 is 1.59 bits per heavy atom. The van der Waals surface area contributed by atoms with E-state index in [0.717, 1.165) is 43.6 Å². The molecule has 2 aliphatic heterocycles. The highest BCUT2D eigenvalue weighted by Gasteiger charge is 2.28. The van der Waals surface area contributed by atoms with Gasteiger partial charge in [0.2, 0.25) is 0 Å². The summed E-state index contributed by atoms with van der Waals surface area (Å²) < 4.78 is 45.8. The molecule has 0 spiro atoms. The molecule has 2 saturated heterocycles. The van der Waals surface area contributed by atoms with Crippen LogP contribution in [0.25, 0.3) is 11.1 Å². The van der Waals surface area contributed by atoms with E-state index < -0.39 is 17.5 Å². The first-order chi connectivity index (χ1) is 17.9. The van der Waals surface area contributed by atoms with Crippen LogP contribution < -0.4 is 10.5 Å². The molecule has 2 aliphatic rings. The molecular weight excluding hydrogens is 481 g/mol. The van der Waals surface area contributed by atoms with Crippen molar-refractivity contribution in [1.29, 1.82) is 0 Å². The zero-order valence-corrected chi connectivity index (χ0v) is 20.4. The summed E-state index contributed by atoms with van der Waals surface area (Å²) in [6.45, 7) is 3.68. The molecule has 0 bridgehead atoms. The molecular formula is C28H29F3N4O2. The third-order valence-electron chi connectivity index (χ3n) is 7.19. The van der Waals surface area contributed by atoms with Crippen molar-refractivity contribution >= 4 is 11.7 Å². The van der Waals surface area contributed by atoms with E-state index in [2.05, 4.69) is 9.88 Å². The summed E-state index contributed by atoms with van der Waals surface area (Å²) in [7, 11) is 0. The third-order valence-corrected chi connectivity index (χ3v) is 7.19. The van der Waals surface area contributed by atoms with Gasteiger partial charge in [0.1, 0.15) is 6.61 Å². The van der Waals surface area contributed by atoms with Gasteiger partial charge >= 0.3 is 0 Å². The molecule has 3 aromatic rings. The normalized spacial score (nSPS) is 16.8. The van der Waals surface area contributed by atoms with E-state index in [0.29, 0.717) is 17.2 Å². The van der Waals surface area contributed by atoms with E-state index in [4.69, 9.17) is 10.5 Å². The zero-order chi connectivity index (χ0) is 25.9. The van der Waals surface area contributed by atoms with Crippen LogP contribution in [0.5, 0.6) is 5.75 Å². The van der Waals surface area contributed by atoms with Crippen LogP contribution in [-0.4, -0.2) is 52.9 Å². The Morgan fingerprint density at radius 3 is 2.24 bits per heavy atom. The van der Waals surface area contributed by atoms with E-state index in [1.807, 2.05) is 17.0 Å². The van der Waals surface area contributed by atoms with Crippen LogP contribution in [0.15, 0.2) is 48.7 Å². The predicted molar refractivity (Wildman–Crippen MR) is 134 cm³/mol. The molecule has 1 amide bonds. The molecule has 2 aromatic carbocycles. The number of nitrogen functional groups attached to an aromatic ring is 1. The number of halogens is 3. The Labute approximate surface area is 213 Å². The molecule has 6 nitrogen and oxygen atoms in total. The van der Waals surface area contributed by atoms with Crippen LogP contribution in [-0.2, 0) is 6.61 Å². The smallest absolute Gasteiger partial charge is 0.253 e. The highest BCUT2D eigenvalue weighted by Crippen LogP contribution is 2.29. The first-order valence-corrected chi connectivity index (χ1v) is 12.5. The van der Waals surface area contributed by atoms with Crippen LogP contribution in [0, 0.1) is 17.5 Å². The number of benzene rings is 2. The quantitative estimate of drug-likeness (QED) is 0.471. The number of rotatable bonds is 6. The number of amides is 1. The van der Waals surface area contributed by atoms with Crippen molar-refractivity contribution in [2.24, 2.45) is 0 Å². The Kier molecular flexibility index (Phi) is 7.32. The number of aromatic nitrogens is 1.